The molecule has 504 valence electrons. The van der Waals surface area contributed by atoms with Gasteiger partial charge in [-0.25, -0.2) is 0 Å². The summed E-state index contributed by atoms with van der Waals surface area (Å²) in [6, 6.07) is 0.263. The Kier molecular flexibility index (Phi) is 30.9. The van der Waals surface area contributed by atoms with Crippen molar-refractivity contribution in [3.8, 4) is 5.75 Å². The molecule has 1 aromatic carbocycles. The summed E-state index contributed by atoms with van der Waals surface area (Å²) in [5.41, 5.74) is 0.0850. The molecule has 31 heteroatoms. The fourth-order valence-electron chi connectivity index (χ4n) is 11.0. The van der Waals surface area contributed by atoms with Crippen molar-refractivity contribution in [2.75, 3.05) is 39.6 Å². The first-order valence-electron chi connectivity index (χ1n) is 30.1. The molecule has 24 atom stereocenters. The zero-order chi connectivity index (χ0) is 64.9. The van der Waals surface area contributed by atoms with Crippen molar-refractivity contribution < 1.29 is 128 Å². The first-order chi connectivity index (χ1) is 41.9. The standard InChI is InChI=1S/C57H95N5O26/c1-8-9-10-11-12-13-14-15-16-20-79-34-19-17-18-33(21-34)52(77)62-41-45(73)44(72)36(23-64)83-55(41)87-50-38(25-66)84-54(42(47(50)75)59-30(5)69)81-27(2)35(22-63)82-57(53(78)61-32(7)71)88-51-39(26-67)85-56(43(48(51)76)60-31(6)70)86-49-37(24-65)80-28(3)40(46(49)74)58-29(4)68/h17-19,21,27-28,35-51,53-57,63-67,72-76,78H,8-16,20,22-26H2,1-7H3,(H,58,68)(H,59,69)(H,60,70)(H,61,71)(H,62,77)/t27-,28?,35?,36?,37?,38-,39-,40?,41?,42?,43?,44?,45?,46?,47?,48?,49?,50?,51?,53-,54+,55?,56-,57?/m0/s1. The minimum atomic E-state index is -2.15. The monoisotopic (exact) mass is 1270 g/mol. The molecular formula is C57H95N5O26. The number of aliphatic hydroxyl groups excluding tert-OH is 11. The molecule has 16 N–H and O–H groups in total. The van der Waals surface area contributed by atoms with Gasteiger partial charge in [-0.05, 0) is 38.5 Å². The van der Waals surface area contributed by atoms with Crippen LogP contribution in [0.2, 0.25) is 0 Å². The summed E-state index contributed by atoms with van der Waals surface area (Å²) in [5, 5.41) is 134. The van der Waals surface area contributed by atoms with Crippen LogP contribution < -0.4 is 31.3 Å². The fraction of sp³-hybridized carbons (Fsp3) is 0.807. The molecule has 5 amide bonds. The molecule has 0 spiro atoms. The third-order valence-electron chi connectivity index (χ3n) is 15.6. The van der Waals surface area contributed by atoms with Gasteiger partial charge in [0.2, 0.25) is 29.9 Å². The number of hydrogen-bond donors (Lipinski definition) is 16. The van der Waals surface area contributed by atoms with Gasteiger partial charge in [-0.1, -0.05) is 64.4 Å². The number of aliphatic hydroxyl groups is 11. The average molecular weight is 1270 g/mol. The van der Waals surface area contributed by atoms with E-state index in [1.165, 1.54) is 65.0 Å². The molecule has 0 aliphatic carbocycles. The summed E-state index contributed by atoms with van der Waals surface area (Å²) in [6.07, 6.45) is -23.6. The summed E-state index contributed by atoms with van der Waals surface area (Å²) >= 11 is 0. The van der Waals surface area contributed by atoms with Crippen LogP contribution in [-0.4, -0.2) is 272 Å². The van der Waals surface area contributed by atoms with Gasteiger partial charge in [0.25, 0.3) is 5.91 Å². The molecule has 4 saturated heterocycles. The number of hydrogen-bond acceptors (Lipinski definition) is 26. The summed E-state index contributed by atoms with van der Waals surface area (Å²) in [5.74, 6) is -3.28. The third kappa shape index (κ3) is 20.8. The molecule has 0 saturated carbocycles. The molecule has 5 rings (SSSR count). The number of carbonyl (C=O) groups is 5. The van der Waals surface area contributed by atoms with Gasteiger partial charge in [0.05, 0.1) is 57.9 Å². The number of carbonyl (C=O) groups excluding carboxylic acids is 5. The van der Waals surface area contributed by atoms with Crippen molar-refractivity contribution in [1.82, 2.24) is 26.6 Å². The summed E-state index contributed by atoms with van der Waals surface area (Å²) in [7, 11) is 0. The molecule has 4 heterocycles. The number of amides is 5. The van der Waals surface area contributed by atoms with Crippen LogP contribution in [0.3, 0.4) is 0 Å². The first-order valence-corrected chi connectivity index (χ1v) is 30.1. The van der Waals surface area contributed by atoms with Gasteiger partial charge in [-0.15, -0.1) is 0 Å². The molecule has 88 heavy (non-hydrogen) atoms. The molecule has 31 nitrogen and oxygen atoms in total. The van der Waals surface area contributed by atoms with Crippen LogP contribution in [0, 0.1) is 0 Å². The van der Waals surface area contributed by atoms with Crippen LogP contribution in [0.1, 0.15) is 117 Å². The highest BCUT2D eigenvalue weighted by atomic mass is 16.8. The highest BCUT2D eigenvalue weighted by Gasteiger charge is 2.55. The zero-order valence-corrected chi connectivity index (χ0v) is 50.8. The smallest absolute Gasteiger partial charge is 0.251 e. The Morgan fingerprint density at radius 3 is 1.58 bits per heavy atom. The van der Waals surface area contributed by atoms with E-state index in [9.17, 15) is 80.1 Å². The number of unbranched alkanes of at least 4 members (excludes halogenated alkanes) is 8. The van der Waals surface area contributed by atoms with E-state index in [-0.39, 0.29) is 5.56 Å². The molecule has 4 aliphatic heterocycles. The second kappa shape index (κ2) is 36.6. The summed E-state index contributed by atoms with van der Waals surface area (Å²) < 4.78 is 60.2. The van der Waals surface area contributed by atoms with E-state index in [2.05, 4.69) is 33.5 Å². The lowest BCUT2D eigenvalue weighted by Gasteiger charge is -2.49. The zero-order valence-electron chi connectivity index (χ0n) is 50.8. The van der Waals surface area contributed by atoms with Gasteiger partial charge >= 0.3 is 0 Å². The molecule has 0 bridgehead atoms. The van der Waals surface area contributed by atoms with E-state index in [0.717, 1.165) is 46.5 Å². The quantitative estimate of drug-likeness (QED) is 0.0229. The first kappa shape index (κ1) is 74.3. The lowest BCUT2D eigenvalue weighted by Crippen LogP contribution is -2.69. The van der Waals surface area contributed by atoms with Gasteiger partial charge in [0.1, 0.15) is 103 Å². The maximum Gasteiger partial charge on any atom is 0.251 e. The van der Waals surface area contributed by atoms with Crippen LogP contribution in [0.25, 0.3) is 0 Å². The van der Waals surface area contributed by atoms with Crippen LogP contribution in [-0.2, 0) is 61.8 Å². The van der Waals surface area contributed by atoms with Crippen LogP contribution in [0.5, 0.6) is 5.75 Å². The second-order valence-corrected chi connectivity index (χ2v) is 22.6. The third-order valence-corrected chi connectivity index (χ3v) is 15.6. The van der Waals surface area contributed by atoms with Gasteiger partial charge < -0.3 is 130 Å². The van der Waals surface area contributed by atoms with E-state index in [1.807, 2.05) is 0 Å². The molecule has 4 fully saturated rings. The highest BCUT2D eigenvalue weighted by molar-refractivity contribution is 5.94. The van der Waals surface area contributed by atoms with Crippen molar-refractivity contribution in [3.63, 3.8) is 0 Å². The van der Waals surface area contributed by atoms with Crippen molar-refractivity contribution >= 4 is 29.5 Å². The summed E-state index contributed by atoms with van der Waals surface area (Å²) in [4.78, 5) is 63.7. The maximum atomic E-state index is 13.9. The van der Waals surface area contributed by atoms with Crippen molar-refractivity contribution in [3.05, 3.63) is 29.8 Å². The van der Waals surface area contributed by atoms with E-state index in [4.69, 9.17) is 47.4 Å². The second-order valence-electron chi connectivity index (χ2n) is 22.6. The van der Waals surface area contributed by atoms with Crippen molar-refractivity contribution in [2.24, 2.45) is 0 Å². The number of ether oxygens (including phenoxy) is 10. The largest absolute Gasteiger partial charge is 0.494 e. The van der Waals surface area contributed by atoms with Crippen molar-refractivity contribution in [1.29, 1.82) is 0 Å². The lowest BCUT2D eigenvalue weighted by atomic mass is 9.92. The Morgan fingerprint density at radius 2 is 1.03 bits per heavy atom. The lowest BCUT2D eigenvalue weighted by molar-refractivity contribution is -0.350. The topological polar surface area (TPSA) is 460 Å². The highest BCUT2D eigenvalue weighted by Crippen LogP contribution is 2.34. The molecule has 0 radical (unpaired) electrons. The normalized spacial score (nSPS) is 33.9. The van der Waals surface area contributed by atoms with E-state index >= 15 is 0 Å². The average Bonchev–Trinajstić information content (AvgIpc) is 1.12. The maximum absolute atomic E-state index is 13.9. The number of benzene rings is 1. The Bertz CT molecular complexity index is 2300. The molecule has 4 aliphatic rings. The van der Waals surface area contributed by atoms with Gasteiger partial charge in [0, 0.05) is 33.3 Å². The van der Waals surface area contributed by atoms with Crippen molar-refractivity contribution in [2.45, 2.75) is 253 Å². The van der Waals surface area contributed by atoms with E-state index in [1.54, 1.807) is 12.1 Å². The van der Waals surface area contributed by atoms with Crippen LogP contribution in [0.15, 0.2) is 24.3 Å². The van der Waals surface area contributed by atoms with E-state index < -0.39 is 210 Å². The van der Waals surface area contributed by atoms with Gasteiger partial charge in [-0.2, -0.15) is 0 Å². The predicted octanol–water partition coefficient (Wildman–Crippen LogP) is -4.34. The number of rotatable bonds is 34. The molecule has 0 aromatic heterocycles. The Balaban J connectivity index is 1.32. The van der Waals surface area contributed by atoms with Crippen LogP contribution >= 0.6 is 0 Å². The fourth-order valence-corrected chi connectivity index (χ4v) is 11.0. The minimum Gasteiger partial charge on any atom is -0.494 e. The minimum absolute atomic E-state index is 0.0850. The Morgan fingerprint density at radius 1 is 0.557 bits per heavy atom. The summed E-state index contributed by atoms with van der Waals surface area (Å²) in [6.45, 7) is 5.33. The molecule has 1 aromatic rings. The van der Waals surface area contributed by atoms with Gasteiger partial charge in [0.15, 0.2) is 25.1 Å². The number of nitrogens with one attached hydrogen (secondary N) is 5. The van der Waals surface area contributed by atoms with E-state index in [0.29, 0.717) is 12.4 Å². The SMILES string of the molecule is CCCCCCCCCCCOc1cccc(C(=O)NC2C(OC3C(O)C(NC(C)=O)[C@H](O[C@@H](C)C(CO)OC(OC4C(O)C(NC(C)=O)[C@H](OC5C(CO)OC(C)C(NC(C)=O)C5O)O[C@H]4CO)[C@H](O)NC(C)=O)O[C@H]3CO)OC(CO)C(O)C2O)c1. The Hall–Kier alpha value is -4.43. The Labute approximate surface area is 510 Å². The van der Waals surface area contributed by atoms with Crippen LogP contribution in [0.4, 0.5) is 0 Å². The molecular weight excluding hydrogens is 1170 g/mol. The predicted molar refractivity (Wildman–Crippen MR) is 303 cm³/mol. The van der Waals surface area contributed by atoms with Gasteiger partial charge in [-0.3, -0.25) is 24.0 Å². The molecule has 18 unspecified atom stereocenters.